The highest BCUT2D eigenvalue weighted by Gasteiger charge is 2.22. The molecule has 0 heterocycles. The van der Waals surface area contributed by atoms with Crippen molar-refractivity contribution >= 4 is 35.1 Å². The molecule has 3 N–H and O–H groups in total. The second-order valence-electron chi connectivity index (χ2n) is 3.14. The SMILES string of the molecule is O=C(N[C@@H](CO)C(=O)O)c1c(Cl)cccc1Cl. The Kier molecular flexibility index (Phi) is 4.74. The number of carboxylic acid groups (broad SMARTS) is 1. The van der Waals surface area contributed by atoms with Crippen LogP contribution in [0.2, 0.25) is 10.0 Å². The van der Waals surface area contributed by atoms with Gasteiger partial charge in [-0.05, 0) is 12.1 Å². The summed E-state index contributed by atoms with van der Waals surface area (Å²) in [5.74, 6) is -2.09. The van der Waals surface area contributed by atoms with Crippen LogP contribution in [0.15, 0.2) is 18.2 Å². The van der Waals surface area contributed by atoms with Gasteiger partial charge in [-0.25, -0.2) is 4.79 Å². The first-order valence-corrected chi connectivity index (χ1v) is 5.31. The first kappa shape index (κ1) is 13.8. The Morgan fingerprint density at radius 2 is 1.82 bits per heavy atom. The second-order valence-corrected chi connectivity index (χ2v) is 3.96. The second kappa shape index (κ2) is 5.86. The number of halogens is 2. The summed E-state index contributed by atoms with van der Waals surface area (Å²) < 4.78 is 0. The van der Waals surface area contributed by atoms with Gasteiger partial charge in [0.2, 0.25) is 0 Å². The van der Waals surface area contributed by atoms with Crippen LogP contribution in [0.1, 0.15) is 10.4 Å². The molecular formula is C10H9Cl2NO4. The Hall–Kier alpha value is -1.30. The van der Waals surface area contributed by atoms with E-state index >= 15 is 0 Å². The Balaban J connectivity index is 2.94. The number of carboxylic acids is 1. The lowest BCUT2D eigenvalue weighted by atomic mass is 10.2. The maximum atomic E-state index is 11.7. The molecule has 0 saturated heterocycles. The molecule has 0 bridgehead atoms. The van der Waals surface area contributed by atoms with Crippen molar-refractivity contribution in [1.82, 2.24) is 5.32 Å². The summed E-state index contributed by atoms with van der Waals surface area (Å²) in [5.41, 5.74) is -0.0180. The van der Waals surface area contributed by atoms with E-state index in [9.17, 15) is 9.59 Å². The molecule has 1 atom stereocenters. The van der Waals surface area contributed by atoms with E-state index in [0.29, 0.717) is 0 Å². The topological polar surface area (TPSA) is 86.6 Å². The predicted molar refractivity (Wildman–Crippen MR) is 62.4 cm³/mol. The number of aliphatic carboxylic acids is 1. The van der Waals surface area contributed by atoms with Crippen LogP contribution in [0.3, 0.4) is 0 Å². The molecule has 0 saturated carbocycles. The third-order valence-corrected chi connectivity index (χ3v) is 2.61. The quantitative estimate of drug-likeness (QED) is 0.771. The molecular weight excluding hydrogens is 269 g/mol. The van der Waals surface area contributed by atoms with Gasteiger partial charge in [0.15, 0.2) is 6.04 Å². The average Bonchev–Trinajstić information content (AvgIpc) is 2.25. The number of carbonyl (C=O) groups is 2. The Morgan fingerprint density at radius 1 is 1.29 bits per heavy atom. The summed E-state index contributed by atoms with van der Waals surface area (Å²) in [6.45, 7) is -0.719. The third kappa shape index (κ3) is 3.33. The molecule has 0 aliphatic rings. The van der Waals surface area contributed by atoms with E-state index < -0.39 is 24.5 Å². The molecule has 7 heteroatoms. The minimum atomic E-state index is -1.39. The van der Waals surface area contributed by atoms with E-state index in [1.54, 1.807) is 6.07 Å². The molecule has 0 aromatic heterocycles. The molecule has 1 aromatic rings. The van der Waals surface area contributed by atoms with E-state index in [4.69, 9.17) is 33.4 Å². The minimum absolute atomic E-state index is 0.0180. The zero-order valence-electron chi connectivity index (χ0n) is 8.48. The summed E-state index contributed by atoms with van der Waals surface area (Å²) in [7, 11) is 0. The van der Waals surface area contributed by atoms with Crippen LogP contribution in [0.4, 0.5) is 0 Å². The van der Waals surface area contributed by atoms with Gasteiger partial charge in [-0.1, -0.05) is 29.3 Å². The lowest BCUT2D eigenvalue weighted by Crippen LogP contribution is -2.43. The molecule has 0 fully saturated rings. The van der Waals surface area contributed by atoms with Crippen molar-refractivity contribution in [2.24, 2.45) is 0 Å². The number of benzene rings is 1. The fourth-order valence-corrected chi connectivity index (χ4v) is 1.70. The number of carbonyl (C=O) groups excluding carboxylic acids is 1. The molecule has 1 amide bonds. The van der Waals surface area contributed by atoms with Crippen LogP contribution in [0, 0.1) is 0 Å². The normalized spacial score (nSPS) is 11.9. The summed E-state index contributed by atoms with van der Waals surface area (Å²) in [5, 5.41) is 19.8. The predicted octanol–water partition coefficient (Wildman–Crippen LogP) is 1.17. The van der Waals surface area contributed by atoms with E-state index in [0.717, 1.165) is 0 Å². The Labute approximate surface area is 107 Å². The largest absolute Gasteiger partial charge is 0.480 e. The van der Waals surface area contributed by atoms with E-state index in [1.807, 2.05) is 0 Å². The first-order chi connectivity index (χ1) is 7.97. The highest BCUT2D eigenvalue weighted by atomic mass is 35.5. The maximum absolute atomic E-state index is 11.7. The number of nitrogens with one attached hydrogen (secondary N) is 1. The van der Waals surface area contributed by atoms with Crippen molar-refractivity contribution < 1.29 is 19.8 Å². The smallest absolute Gasteiger partial charge is 0.328 e. The fourth-order valence-electron chi connectivity index (χ4n) is 1.13. The third-order valence-electron chi connectivity index (χ3n) is 1.98. The molecule has 92 valence electrons. The van der Waals surface area contributed by atoms with Gasteiger partial charge in [0.1, 0.15) is 0 Å². The van der Waals surface area contributed by atoms with Crippen LogP contribution in [0.5, 0.6) is 0 Å². The van der Waals surface area contributed by atoms with E-state index in [2.05, 4.69) is 5.32 Å². The lowest BCUT2D eigenvalue weighted by molar-refractivity contribution is -0.140. The highest BCUT2D eigenvalue weighted by Crippen LogP contribution is 2.23. The van der Waals surface area contributed by atoms with Gasteiger partial charge in [0.25, 0.3) is 5.91 Å². The molecule has 0 aliphatic heterocycles. The zero-order valence-corrected chi connectivity index (χ0v) is 10.00. The van der Waals surface area contributed by atoms with Gasteiger partial charge >= 0.3 is 5.97 Å². The van der Waals surface area contributed by atoms with Gasteiger partial charge < -0.3 is 15.5 Å². The van der Waals surface area contributed by atoms with Crippen molar-refractivity contribution in [2.75, 3.05) is 6.61 Å². The van der Waals surface area contributed by atoms with Crippen molar-refractivity contribution in [3.8, 4) is 0 Å². The standard InChI is InChI=1S/C10H9Cl2NO4/c11-5-2-1-3-6(12)8(5)9(15)13-7(4-14)10(16)17/h1-3,7,14H,4H2,(H,13,15)(H,16,17)/t7-/m0/s1. The number of aliphatic hydroxyl groups excluding tert-OH is 1. The maximum Gasteiger partial charge on any atom is 0.328 e. The number of hydrogen-bond donors (Lipinski definition) is 3. The Morgan fingerprint density at radius 3 is 2.24 bits per heavy atom. The molecule has 5 nitrogen and oxygen atoms in total. The van der Waals surface area contributed by atoms with Crippen LogP contribution >= 0.6 is 23.2 Å². The van der Waals surface area contributed by atoms with Crippen LogP contribution in [-0.2, 0) is 4.79 Å². The van der Waals surface area contributed by atoms with Gasteiger partial charge in [-0.15, -0.1) is 0 Å². The van der Waals surface area contributed by atoms with E-state index in [-0.39, 0.29) is 15.6 Å². The monoisotopic (exact) mass is 277 g/mol. The first-order valence-electron chi connectivity index (χ1n) is 4.56. The van der Waals surface area contributed by atoms with Crippen molar-refractivity contribution in [1.29, 1.82) is 0 Å². The Bertz CT molecular complexity index is 430. The summed E-state index contributed by atoms with van der Waals surface area (Å²) in [6.07, 6.45) is 0. The van der Waals surface area contributed by atoms with Crippen LogP contribution < -0.4 is 5.32 Å². The van der Waals surface area contributed by atoms with Crippen molar-refractivity contribution in [3.63, 3.8) is 0 Å². The highest BCUT2D eigenvalue weighted by molar-refractivity contribution is 6.39. The number of amides is 1. The molecule has 0 radical (unpaired) electrons. The minimum Gasteiger partial charge on any atom is -0.480 e. The fraction of sp³-hybridized carbons (Fsp3) is 0.200. The summed E-state index contributed by atoms with van der Waals surface area (Å²) >= 11 is 11.6. The van der Waals surface area contributed by atoms with Crippen LogP contribution in [-0.4, -0.2) is 34.7 Å². The summed E-state index contributed by atoms with van der Waals surface area (Å²) in [6, 6.07) is 3.07. The molecule has 17 heavy (non-hydrogen) atoms. The van der Waals surface area contributed by atoms with Gasteiger partial charge in [-0.2, -0.15) is 0 Å². The average molecular weight is 278 g/mol. The van der Waals surface area contributed by atoms with Gasteiger partial charge in [0.05, 0.1) is 22.2 Å². The zero-order chi connectivity index (χ0) is 13.0. The van der Waals surface area contributed by atoms with Crippen molar-refractivity contribution in [2.45, 2.75) is 6.04 Å². The molecule has 0 spiro atoms. The van der Waals surface area contributed by atoms with Crippen molar-refractivity contribution in [3.05, 3.63) is 33.8 Å². The molecule has 0 aliphatic carbocycles. The van der Waals surface area contributed by atoms with Gasteiger partial charge in [-0.3, -0.25) is 4.79 Å². The lowest BCUT2D eigenvalue weighted by Gasteiger charge is -2.13. The number of rotatable bonds is 4. The van der Waals surface area contributed by atoms with Gasteiger partial charge in [0, 0.05) is 0 Å². The molecule has 1 rings (SSSR count). The van der Waals surface area contributed by atoms with E-state index in [1.165, 1.54) is 12.1 Å². The number of aliphatic hydroxyl groups is 1. The summed E-state index contributed by atoms with van der Waals surface area (Å²) in [4.78, 5) is 22.3. The molecule has 0 unspecified atom stereocenters. The van der Waals surface area contributed by atoms with Crippen LogP contribution in [0.25, 0.3) is 0 Å². The molecule has 1 aromatic carbocycles. The number of hydrogen-bond acceptors (Lipinski definition) is 3.